The number of nitro benzene ring substituents is 1. The molecule has 0 aliphatic rings. The van der Waals surface area contributed by atoms with Gasteiger partial charge in [-0.3, -0.25) is 20.2 Å². The number of hydrogen-bond donors (Lipinski definition) is 1. The first-order valence-electron chi connectivity index (χ1n) is 6.28. The number of aromatic amines is 1. The van der Waals surface area contributed by atoms with Crippen LogP contribution in [0.1, 0.15) is 11.4 Å². The fraction of sp³-hybridized carbons (Fsp3) is 0.0714. The van der Waals surface area contributed by atoms with Gasteiger partial charge in [-0.05, 0) is 17.7 Å². The van der Waals surface area contributed by atoms with E-state index in [-0.39, 0.29) is 5.69 Å². The summed E-state index contributed by atoms with van der Waals surface area (Å²) in [5, 5.41) is 17.6. The highest BCUT2D eigenvalue weighted by Crippen LogP contribution is 2.15. The van der Waals surface area contributed by atoms with Gasteiger partial charge in [-0.15, -0.1) is 0 Å². The van der Waals surface area contributed by atoms with Gasteiger partial charge in [0.15, 0.2) is 5.82 Å². The summed E-state index contributed by atoms with van der Waals surface area (Å²) in [4.78, 5) is 18.7. The maximum Gasteiger partial charge on any atom is 0.269 e. The van der Waals surface area contributed by atoms with Crippen molar-refractivity contribution in [3.05, 3.63) is 70.2 Å². The second-order valence-electron chi connectivity index (χ2n) is 4.42. The fourth-order valence-electron chi connectivity index (χ4n) is 1.91. The van der Waals surface area contributed by atoms with Gasteiger partial charge in [0, 0.05) is 24.8 Å². The molecule has 21 heavy (non-hydrogen) atoms. The fourth-order valence-corrected chi connectivity index (χ4v) is 1.91. The topological polar surface area (TPSA) is 97.6 Å². The van der Waals surface area contributed by atoms with Crippen molar-refractivity contribution in [3.8, 4) is 11.5 Å². The molecule has 0 aliphatic carbocycles. The number of hydrogen-bond acceptors (Lipinski definition) is 5. The Morgan fingerprint density at radius 2 is 1.95 bits per heavy atom. The minimum absolute atomic E-state index is 0.0745. The van der Waals surface area contributed by atoms with Crippen molar-refractivity contribution in [3.63, 3.8) is 0 Å². The zero-order valence-corrected chi connectivity index (χ0v) is 10.9. The number of rotatable bonds is 4. The summed E-state index contributed by atoms with van der Waals surface area (Å²) in [7, 11) is 0. The smallest absolute Gasteiger partial charge is 0.262 e. The maximum atomic E-state index is 10.6. The van der Waals surface area contributed by atoms with Crippen LogP contribution in [0, 0.1) is 10.1 Å². The molecule has 0 aliphatic heterocycles. The summed E-state index contributed by atoms with van der Waals surface area (Å²) in [5.74, 6) is 1.22. The number of nitrogens with one attached hydrogen (secondary N) is 1. The highest BCUT2D eigenvalue weighted by atomic mass is 16.6. The van der Waals surface area contributed by atoms with E-state index in [1.54, 1.807) is 18.3 Å². The lowest BCUT2D eigenvalue weighted by Crippen LogP contribution is -1.92. The van der Waals surface area contributed by atoms with E-state index < -0.39 is 4.92 Å². The maximum absolute atomic E-state index is 10.6. The standard InChI is InChI=1S/C14H11N5O2/c20-19(21)11-6-4-10(5-7-11)9-13-16-14(18-17-13)12-3-1-2-8-15-12/h1-8H,9H2,(H,16,17,18). The van der Waals surface area contributed by atoms with Crippen LogP contribution in [-0.4, -0.2) is 25.1 Å². The molecule has 3 aromatic rings. The van der Waals surface area contributed by atoms with Crippen LogP contribution < -0.4 is 0 Å². The number of aromatic nitrogens is 4. The molecule has 0 atom stereocenters. The first kappa shape index (κ1) is 12.9. The van der Waals surface area contributed by atoms with E-state index in [0.29, 0.717) is 23.8 Å². The van der Waals surface area contributed by atoms with Crippen LogP contribution in [0.2, 0.25) is 0 Å². The summed E-state index contributed by atoms with van der Waals surface area (Å²) in [6, 6.07) is 11.9. The van der Waals surface area contributed by atoms with Gasteiger partial charge in [-0.25, -0.2) is 4.98 Å². The van der Waals surface area contributed by atoms with Crippen LogP contribution in [0.4, 0.5) is 5.69 Å². The molecule has 7 heteroatoms. The lowest BCUT2D eigenvalue weighted by atomic mass is 10.1. The summed E-state index contributed by atoms with van der Waals surface area (Å²) < 4.78 is 0. The molecule has 0 unspecified atom stereocenters. The monoisotopic (exact) mass is 281 g/mol. The van der Waals surface area contributed by atoms with Crippen LogP contribution in [0.3, 0.4) is 0 Å². The predicted octanol–water partition coefficient (Wildman–Crippen LogP) is 2.37. The van der Waals surface area contributed by atoms with Gasteiger partial charge in [-0.2, -0.15) is 5.10 Å². The molecular formula is C14H11N5O2. The molecule has 0 radical (unpaired) electrons. The van der Waals surface area contributed by atoms with Crippen LogP contribution in [0.5, 0.6) is 0 Å². The Balaban J connectivity index is 1.77. The molecule has 1 aromatic carbocycles. The highest BCUT2D eigenvalue weighted by molar-refractivity contribution is 5.47. The first-order chi connectivity index (χ1) is 10.2. The molecule has 2 aromatic heterocycles. The van der Waals surface area contributed by atoms with E-state index in [1.807, 2.05) is 18.2 Å². The molecule has 0 bridgehead atoms. The lowest BCUT2D eigenvalue weighted by molar-refractivity contribution is -0.384. The Bertz CT molecular complexity index is 753. The third-order valence-corrected chi connectivity index (χ3v) is 2.94. The largest absolute Gasteiger partial charge is 0.269 e. The molecule has 3 rings (SSSR count). The third-order valence-electron chi connectivity index (χ3n) is 2.94. The summed E-state index contributed by atoms with van der Waals surface area (Å²) in [5.41, 5.74) is 1.69. The van der Waals surface area contributed by atoms with Crippen LogP contribution in [0.25, 0.3) is 11.5 Å². The average Bonchev–Trinajstić information content (AvgIpc) is 2.97. The van der Waals surface area contributed by atoms with Crippen molar-refractivity contribution in [1.82, 2.24) is 20.2 Å². The van der Waals surface area contributed by atoms with Crippen molar-refractivity contribution in [2.45, 2.75) is 6.42 Å². The van der Waals surface area contributed by atoms with Crippen LogP contribution >= 0.6 is 0 Å². The Kier molecular flexibility index (Phi) is 3.38. The summed E-state index contributed by atoms with van der Waals surface area (Å²) in [6.45, 7) is 0. The predicted molar refractivity (Wildman–Crippen MR) is 75.5 cm³/mol. The molecule has 0 saturated heterocycles. The second kappa shape index (κ2) is 5.49. The third kappa shape index (κ3) is 2.92. The van der Waals surface area contributed by atoms with Gasteiger partial charge in [0.1, 0.15) is 11.5 Å². The normalized spacial score (nSPS) is 10.5. The van der Waals surface area contributed by atoms with E-state index in [1.165, 1.54) is 12.1 Å². The van der Waals surface area contributed by atoms with Gasteiger partial charge >= 0.3 is 0 Å². The molecule has 7 nitrogen and oxygen atoms in total. The van der Waals surface area contributed by atoms with E-state index in [2.05, 4.69) is 20.2 Å². The molecule has 104 valence electrons. The summed E-state index contributed by atoms with van der Waals surface area (Å²) >= 11 is 0. The molecule has 0 amide bonds. The number of benzene rings is 1. The van der Waals surface area contributed by atoms with Crippen molar-refractivity contribution < 1.29 is 4.92 Å². The SMILES string of the molecule is O=[N+]([O-])c1ccc(Cc2nc(-c3ccccn3)n[nH]2)cc1. The molecule has 1 N–H and O–H groups in total. The Labute approximate surface area is 119 Å². The number of nitro groups is 1. The average molecular weight is 281 g/mol. The highest BCUT2D eigenvalue weighted by Gasteiger charge is 2.08. The zero-order valence-electron chi connectivity index (χ0n) is 10.9. The Morgan fingerprint density at radius 3 is 2.62 bits per heavy atom. The summed E-state index contributed by atoms with van der Waals surface area (Å²) in [6.07, 6.45) is 2.21. The number of nitrogens with zero attached hydrogens (tertiary/aromatic N) is 4. The van der Waals surface area contributed by atoms with Gasteiger partial charge in [0.2, 0.25) is 0 Å². The molecule has 0 fully saturated rings. The molecule has 0 spiro atoms. The van der Waals surface area contributed by atoms with Crippen LogP contribution in [-0.2, 0) is 6.42 Å². The van der Waals surface area contributed by atoms with Gasteiger partial charge in [0.25, 0.3) is 5.69 Å². The van der Waals surface area contributed by atoms with Crippen molar-refractivity contribution >= 4 is 5.69 Å². The number of pyridine rings is 1. The minimum Gasteiger partial charge on any atom is -0.262 e. The molecule has 2 heterocycles. The van der Waals surface area contributed by atoms with E-state index >= 15 is 0 Å². The minimum atomic E-state index is -0.419. The Hall–Kier alpha value is -3.09. The number of non-ortho nitro benzene ring substituents is 1. The molecular weight excluding hydrogens is 270 g/mol. The van der Waals surface area contributed by atoms with Crippen molar-refractivity contribution in [1.29, 1.82) is 0 Å². The van der Waals surface area contributed by atoms with Gasteiger partial charge in [-0.1, -0.05) is 18.2 Å². The quantitative estimate of drug-likeness (QED) is 0.584. The molecule has 0 saturated carbocycles. The van der Waals surface area contributed by atoms with E-state index in [4.69, 9.17) is 0 Å². The van der Waals surface area contributed by atoms with Crippen molar-refractivity contribution in [2.75, 3.05) is 0 Å². The number of H-pyrrole nitrogens is 1. The lowest BCUT2D eigenvalue weighted by Gasteiger charge is -1.97. The van der Waals surface area contributed by atoms with E-state index in [9.17, 15) is 10.1 Å². The van der Waals surface area contributed by atoms with E-state index in [0.717, 1.165) is 5.56 Å². The van der Waals surface area contributed by atoms with Crippen molar-refractivity contribution in [2.24, 2.45) is 0 Å². The second-order valence-corrected chi connectivity index (χ2v) is 4.42. The zero-order chi connectivity index (χ0) is 14.7. The first-order valence-corrected chi connectivity index (χ1v) is 6.28. The van der Waals surface area contributed by atoms with Gasteiger partial charge in [0.05, 0.1) is 4.92 Å². The Morgan fingerprint density at radius 1 is 1.14 bits per heavy atom. The van der Waals surface area contributed by atoms with Crippen LogP contribution in [0.15, 0.2) is 48.7 Å². The van der Waals surface area contributed by atoms with Gasteiger partial charge < -0.3 is 0 Å².